The molecule has 0 spiro atoms. The summed E-state index contributed by atoms with van der Waals surface area (Å²) in [6.07, 6.45) is 0. The van der Waals surface area contributed by atoms with E-state index in [1.807, 2.05) is 13.8 Å². The molecule has 0 aromatic rings. The number of nitrogens with one attached hydrogen (secondary N) is 1. The molecular formula is C8H17N3OS. The van der Waals surface area contributed by atoms with E-state index in [1.54, 1.807) is 11.9 Å². The first kappa shape index (κ1) is 12.2. The summed E-state index contributed by atoms with van der Waals surface area (Å²) in [6, 6.07) is -0.0920. The van der Waals surface area contributed by atoms with Crippen LogP contribution in [0.4, 0.5) is 4.79 Å². The molecule has 0 aliphatic heterocycles. The number of hydrogen-bond acceptors (Lipinski definition) is 2. The van der Waals surface area contributed by atoms with Crippen molar-refractivity contribution < 1.29 is 4.79 Å². The first-order chi connectivity index (χ1) is 5.99. The molecule has 2 amide bonds. The van der Waals surface area contributed by atoms with Gasteiger partial charge in [0.05, 0.1) is 4.99 Å². The fraction of sp³-hybridized carbons (Fsp3) is 0.750. The number of urea groups is 1. The van der Waals surface area contributed by atoms with Crippen molar-refractivity contribution in [2.24, 2.45) is 11.7 Å². The lowest BCUT2D eigenvalue weighted by Crippen LogP contribution is -2.41. The Hall–Kier alpha value is -0.840. The van der Waals surface area contributed by atoms with Crippen LogP contribution >= 0.6 is 12.2 Å². The van der Waals surface area contributed by atoms with Crippen LogP contribution in [0.15, 0.2) is 0 Å². The van der Waals surface area contributed by atoms with Gasteiger partial charge in [0, 0.05) is 26.1 Å². The van der Waals surface area contributed by atoms with Gasteiger partial charge in [-0.3, -0.25) is 0 Å². The largest absolute Gasteiger partial charge is 0.393 e. The summed E-state index contributed by atoms with van der Waals surface area (Å²) in [4.78, 5) is 13.3. The lowest BCUT2D eigenvalue weighted by molar-refractivity contribution is 0.210. The summed E-state index contributed by atoms with van der Waals surface area (Å²) in [6.45, 7) is 4.98. The minimum absolute atomic E-state index is 0.0456. The first-order valence-electron chi connectivity index (χ1n) is 4.27. The molecule has 13 heavy (non-hydrogen) atoms. The molecule has 0 saturated heterocycles. The smallest absolute Gasteiger partial charge is 0.317 e. The van der Waals surface area contributed by atoms with Gasteiger partial charge in [-0.2, -0.15) is 0 Å². The number of carbonyl (C=O) groups is 1. The summed E-state index contributed by atoms with van der Waals surface area (Å²) in [5.74, 6) is 0.0456. The van der Waals surface area contributed by atoms with E-state index in [1.165, 1.54) is 0 Å². The number of thiocarbonyl (C=S) groups is 1. The fourth-order valence-electron chi connectivity index (χ4n) is 0.620. The Bertz CT molecular complexity index is 196. The molecule has 0 bridgehead atoms. The molecule has 1 unspecified atom stereocenters. The van der Waals surface area contributed by atoms with Crippen LogP contribution in [0, 0.1) is 5.92 Å². The highest BCUT2D eigenvalue weighted by Gasteiger charge is 2.09. The van der Waals surface area contributed by atoms with Gasteiger partial charge >= 0.3 is 6.03 Å². The van der Waals surface area contributed by atoms with Crippen molar-refractivity contribution in [3.63, 3.8) is 0 Å². The number of hydrogen-bond donors (Lipinski definition) is 2. The van der Waals surface area contributed by atoms with Gasteiger partial charge in [-0.1, -0.05) is 19.1 Å². The molecule has 0 aliphatic carbocycles. The number of carbonyl (C=O) groups excluding carboxylic acids is 1. The van der Waals surface area contributed by atoms with Crippen molar-refractivity contribution in [2.75, 3.05) is 20.1 Å². The van der Waals surface area contributed by atoms with Gasteiger partial charge in [-0.25, -0.2) is 4.79 Å². The lowest BCUT2D eigenvalue weighted by atomic mass is 10.2. The third-order valence-corrected chi connectivity index (χ3v) is 2.27. The standard InChI is InChI=1S/C8H17N3OS/c1-4-11(3)8(12)10-5-6(2)7(9)13/h6H,4-5H2,1-3H3,(H2,9,13)(H,10,12). The molecule has 0 radical (unpaired) electrons. The van der Waals surface area contributed by atoms with Crippen molar-refractivity contribution in [2.45, 2.75) is 13.8 Å². The van der Waals surface area contributed by atoms with Gasteiger partial charge in [0.1, 0.15) is 0 Å². The van der Waals surface area contributed by atoms with Crippen LogP contribution in [0.1, 0.15) is 13.8 Å². The highest BCUT2D eigenvalue weighted by atomic mass is 32.1. The molecule has 0 aromatic heterocycles. The SMILES string of the molecule is CCN(C)C(=O)NCC(C)C(N)=S. The van der Waals surface area contributed by atoms with E-state index in [4.69, 9.17) is 18.0 Å². The molecule has 0 aliphatic rings. The normalized spacial score (nSPS) is 11.9. The van der Waals surface area contributed by atoms with E-state index in [0.29, 0.717) is 18.1 Å². The van der Waals surface area contributed by atoms with Crippen LogP contribution in [0.3, 0.4) is 0 Å². The van der Waals surface area contributed by atoms with E-state index in [-0.39, 0.29) is 11.9 Å². The van der Waals surface area contributed by atoms with Crippen LogP contribution in [-0.4, -0.2) is 36.1 Å². The third-order valence-electron chi connectivity index (χ3n) is 1.87. The second-order valence-electron chi connectivity index (χ2n) is 3.00. The molecule has 3 N–H and O–H groups in total. The topological polar surface area (TPSA) is 58.4 Å². The van der Waals surface area contributed by atoms with E-state index >= 15 is 0 Å². The quantitative estimate of drug-likeness (QED) is 0.657. The van der Waals surface area contributed by atoms with Crippen LogP contribution in [-0.2, 0) is 0 Å². The lowest BCUT2D eigenvalue weighted by Gasteiger charge is -2.17. The maximum absolute atomic E-state index is 11.2. The second-order valence-corrected chi connectivity index (χ2v) is 3.48. The van der Waals surface area contributed by atoms with Crippen LogP contribution in [0.25, 0.3) is 0 Å². The van der Waals surface area contributed by atoms with E-state index in [9.17, 15) is 4.79 Å². The average Bonchev–Trinajstić information content (AvgIpc) is 2.11. The van der Waals surface area contributed by atoms with E-state index < -0.39 is 0 Å². The summed E-state index contributed by atoms with van der Waals surface area (Å²) < 4.78 is 0. The molecule has 5 heteroatoms. The minimum Gasteiger partial charge on any atom is -0.393 e. The number of rotatable bonds is 4. The highest BCUT2D eigenvalue weighted by molar-refractivity contribution is 7.80. The van der Waals surface area contributed by atoms with Crippen molar-refractivity contribution in [1.82, 2.24) is 10.2 Å². The molecular weight excluding hydrogens is 186 g/mol. The Kier molecular flexibility index (Phi) is 5.37. The van der Waals surface area contributed by atoms with Crippen molar-refractivity contribution in [3.05, 3.63) is 0 Å². The molecule has 4 nitrogen and oxygen atoms in total. The van der Waals surface area contributed by atoms with Crippen LogP contribution in [0.2, 0.25) is 0 Å². The summed E-state index contributed by atoms with van der Waals surface area (Å²) >= 11 is 4.78. The molecule has 0 saturated carbocycles. The predicted molar refractivity (Wildman–Crippen MR) is 57.7 cm³/mol. The summed E-state index contributed by atoms with van der Waals surface area (Å²) in [7, 11) is 1.74. The van der Waals surface area contributed by atoms with E-state index in [0.717, 1.165) is 0 Å². The van der Waals surface area contributed by atoms with Crippen LogP contribution in [0.5, 0.6) is 0 Å². The molecule has 1 atom stereocenters. The number of amides is 2. The zero-order valence-corrected chi connectivity index (χ0v) is 9.15. The van der Waals surface area contributed by atoms with Gasteiger partial charge in [0.15, 0.2) is 0 Å². The van der Waals surface area contributed by atoms with Gasteiger partial charge < -0.3 is 16.0 Å². The van der Waals surface area contributed by atoms with Crippen molar-refractivity contribution >= 4 is 23.2 Å². The maximum atomic E-state index is 11.2. The molecule has 0 rings (SSSR count). The van der Waals surface area contributed by atoms with Gasteiger partial charge in [0.25, 0.3) is 0 Å². The highest BCUT2D eigenvalue weighted by Crippen LogP contribution is 1.93. The third kappa shape index (κ3) is 4.67. The number of nitrogens with two attached hydrogens (primary N) is 1. The fourth-order valence-corrected chi connectivity index (χ4v) is 0.703. The molecule has 0 aromatic carbocycles. The molecule has 0 fully saturated rings. The Morgan fingerprint density at radius 3 is 2.62 bits per heavy atom. The Labute approximate surface area is 84.5 Å². The first-order valence-corrected chi connectivity index (χ1v) is 4.68. The van der Waals surface area contributed by atoms with Gasteiger partial charge in [0.2, 0.25) is 0 Å². The monoisotopic (exact) mass is 203 g/mol. The minimum atomic E-state index is -0.0920. The maximum Gasteiger partial charge on any atom is 0.317 e. The number of nitrogens with zero attached hydrogens (tertiary/aromatic N) is 1. The van der Waals surface area contributed by atoms with Crippen molar-refractivity contribution in [1.29, 1.82) is 0 Å². The molecule has 0 heterocycles. The van der Waals surface area contributed by atoms with Gasteiger partial charge in [-0.05, 0) is 6.92 Å². The molecule has 76 valence electrons. The summed E-state index contributed by atoms with van der Waals surface area (Å²) in [5, 5.41) is 2.73. The van der Waals surface area contributed by atoms with Gasteiger partial charge in [-0.15, -0.1) is 0 Å². The Morgan fingerprint density at radius 2 is 2.23 bits per heavy atom. The summed E-state index contributed by atoms with van der Waals surface area (Å²) in [5.41, 5.74) is 5.40. The average molecular weight is 203 g/mol. The predicted octanol–water partition coefficient (Wildman–Crippen LogP) is 0.570. The Morgan fingerprint density at radius 1 is 1.69 bits per heavy atom. The van der Waals surface area contributed by atoms with Crippen molar-refractivity contribution in [3.8, 4) is 0 Å². The van der Waals surface area contributed by atoms with E-state index in [2.05, 4.69) is 5.32 Å². The zero-order valence-electron chi connectivity index (χ0n) is 8.33. The van der Waals surface area contributed by atoms with Crippen LogP contribution < -0.4 is 11.1 Å². The Balaban J connectivity index is 3.76. The second kappa shape index (κ2) is 5.75. The zero-order chi connectivity index (χ0) is 10.4.